The first kappa shape index (κ1) is 15.9. The van der Waals surface area contributed by atoms with E-state index in [-0.39, 0.29) is 11.7 Å². The van der Waals surface area contributed by atoms with Gasteiger partial charge in [-0.25, -0.2) is 4.39 Å². The van der Waals surface area contributed by atoms with Gasteiger partial charge < -0.3 is 9.88 Å². The summed E-state index contributed by atoms with van der Waals surface area (Å²) >= 11 is 0. The number of carbonyl (C=O) groups excluding carboxylic acids is 1. The molecule has 1 aliphatic carbocycles. The zero-order valence-corrected chi connectivity index (χ0v) is 14.6. The van der Waals surface area contributed by atoms with Gasteiger partial charge in [-0.05, 0) is 42.9 Å². The van der Waals surface area contributed by atoms with E-state index in [2.05, 4.69) is 20.4 Å². The summed E-state index contributed by atoms with van der Waals surface area (Å²) in [5.74, 6) is 1.68. The van der Waals surface area contributed by atoms with E-state index in [1.807, 2.05) is 4.57 Å². The monoisotopic (exact) mass is 355 g/mol. The molecule has 1 N–H and O–H groups in total. The Balaban J connectivity index is 1.32. The van der Waals surface area contributed by atoms with Gasteiger partial charge in [-0.2, -0.15) is 0 Å². The Morgan fingerprint density at radius 1 is 1.15 bits per heavy atom. The van der Waals surface area contributed by atoms with Crippen LogP contribution in [0.15, 0.2) is 24.3 Å². The number of anilines is 1. The summed E-state index contributed by atoms with van der Waals surface area (Å²) in [4.78, 5) is 15.2. The molecule has 136 valence electrons. The molecular weight excluding hydrogens is 333 g/mol. The highest BCUT2D eigenvalue weighted by Gasteiger charge is 2.42. The number of hydrogen-bond donors (Lipinski definition) is 1. The van der Waals surface area contributed by atoms with E-state index in [4.69, 9.17) is 0 Å². The summed E-state index contributed by atoms with van der Waals surface area (Å²) in [6, 6.07) is 6.65. The molecular formula is C19H22FN5O. The summed E-state index contributed by atoms with van der Waals surface area (Å²) < 4.78 is 15.3. The fourth-order valence-corrected chi connectivity index (χ4v) is 4.53. The molecule has 1 saturated heterocycles. The van der Waals surface area contributed by atoms with E-state index in [1.165, 1.54) is 31.4 Å². The number of likely N-dealkylation sites (tertiary alicyclic amines) is 1. The third-order valence-electron chi connectivity index (χ3n) is 6.17. The lowest BCUT2D eigenvalue weighted by Crippen LogP contribution is -2.38. The van der Waals surface area contributed by atoms with Crippen molar-refractivity contribution < 1.29 is 9.18 Å². The average molecular weight is 355 g/mol. The van der Waals surface area contributed by atoms with Gasteiger partial charge in [-0.15, -0.1) is 10.2 Å². The zero-order valence-electron chi connectivity index (χ0n) is 14.6. The van der Waals surface area contributed by atoms with E-state index >= 15 is 0 Å². The highest BCUT2D eigenvalue weighted by Crippen LogP contribution is 2.37. The SMILES string of the molecule is O=C(Nc1cccc(F)c1)c1nnc2n1CC1CN(C3CCC3)CC1C2. The van der Waals surface area contributed by atoms with Crippen LogP contribution in [0.5, 0.6) is 0 Å². The predicted octanol–water partition coefficient (Wildman–Crippen LogP) is 2.33. The van der Waals surface area contributed by atoms with Gasteiger partial charge in [0, 0.05) is 37.8 Å². The van der Waals surface area contributed by atoms with E-state index in [0.29, 0.717) is 23.3 Å². The lowest BCUT2D eigenvalue weighted by Gasteiger charge is -2.34. The van der Waals surface area contributed by atoms with Crippen LogP contribution in [0.25, 0.3) is 0 Å². The number of carbonyl (C=O) groups is 1. The van der Waals surface area contributed by atoms with Gasteiger partial charge in [-0.3, -0.25) is 9.69 Å². The molecule has 1 saturated carbocycles. The number of rotatable bonds is 3. The van der Waals surface area contributed by atoms with Crippen LogP contribution in [-0.2, 0) is 13.0 Å². The molecule has 1 amide bonds. The van der Waals surface area contributed by atoms with Gasteiger partial charge in [0.2, 0.25) is 5.82 Å². The Labute approximate surface area is 151 Å². The lowest BCUT2D eigenvalue weighted by atomic mass is 9.89. The Morgan fingerprint density at radius 3 is 2.77 bits per heavy atom. The maximum absolute atomic E-state index is 13.3. The summed E-state index contributed by atoms with van der Waals surface area (Å²) in [5, 5.41) is 11.1. The average Bonchev–Trinajstić information content (AvgIpc) is 3.13. The summed E-state index contributed by atoms with van der Waals surface area (Å²) in [6.45, 7) is 3.05. The van der Waals surface area contributed by atoms with E-state index in [0.717, 1.165) is 37.9 Å². The molecule has 1 aromatic carbocycles. The molecule has 2 fully saturated rings. The van der Waals surface area contributed by atoms with Crippen molar-refractivity contribution in [3.05, 3.63) is 41.7 Å². The van der Waals surface area contributed by atoms with Crippen molar-refractivity contribution >= 4 is 11.6 Å². The van der Waals surface area contributed by atoms with Crippen LogP contribution >= 0.6 is 0 Å². The maximum Gasteiger partial charge on any atom is 0.293 e. The van der Waals surface area contributed by atoms with Crippen molar-refractivity contribution in [1.82, 2.24) is 19.7 Å². The molecule has 2 unspecified atom stereocenters. The highest BCUT2D eigenvalue weighted by molar-refractivity contribution is 6.01. The minimum atomic E-state index is -0.379. The Bertz CT molecular complexity index is 846. The predicted molar refractivity (Wildman–Crippen MR) is 94.3 cm³/mol. The standard InChI is InChI=1S/C19H22FN5O/c20-14-3-1-4-15(8-14)21-19(26)18-23-22-17-7-12-9-24(16-5-2-6-16)10-13(12)11-25(17)18/h1,3-4,8,12-13,16H,2,5-7,9-11H2,(H,21,26). The summed E-state index contributed by atoms with van der Waals surface area (Å²) in [5.41, 5.74) is 0.429. The minimum Gasteiger partial charge on any atom is -0.319 e. The van der Waals surface area contributed by atoms with E-state index in [1.54, 1.807) is 12.1 Å². The summed E-state index contributed by atoms with van der Waals surface area (Å²) in [6.07, 6.45) is 4.89. The molecule has 2 aliphatic heterocycles. The molecule has 5 rings (SSSR count). The zero-order chi connectivity index (χ0) is 17.7. The molecule has 3 heterocycles. The Hall–Kier alpha value is -2.28. The van der Waals surface area contributed by atoms with Crippen LogP contribution in [0.2, 0.25) is 0 Å². The van der Waals surface area contributed by atoms with Gasteiger partial charge >= 0.3 is 0 Å². The van der Waals surface area contributed by atoms with E-state index in [9.17, 15) is 9.18 Å². The number of benzene rings is 1. The third kappa shape index (κ3) is 2.70. The topological polar surface area (TPSA) is 63.1 Å². The third-order valence-corrected chi connectivity index (χ3v) is 6.17. The van der Waals surface area contributed by atoms with Crippen molar-refractivity contribution in [3.63, 3.8) is 0 Å². The second-order valence-electron chi connectivity index (χ2n) is 7.78. The van der Waals surface area contributed by atoms with E-state index < -0.39 is 0 Å². The number of fused-ring (bicyclic) bond motifs is 2. The lowest BCUT2D eigenvalue weighted by molar-refractivity contribution is 0.100. The number of nitrogens with zero attached hydrogens (tertiary/aromatic N) is 4. The first-order valence-corrected chi connectivity index (χ1v) is 9.40. The van der Waals surface area contributed by atoms with Crippen LogP contribution in [0, 0.1) is 17.7 Å². The van der Waals surface area contributed by atoms with Crippen LogP contribution in [-0.4, -0.2) is 44.7 Å². The van der Waals surface area contributed by atoms with Crippen molar-refractivity contribution in [1.29, 1.82) is 0 Å². The number of aromatic nitrogens is 3. The van der Waals surface area contributed by atoms with Gasteiger partial charge in [0.1, 0.15) is 11.6 Å². The highest BCUT2D eigenvalue weighted by atomic mass is 19.1. The number of nitrogens with one attached hydrogen (secondary N) is 1. The van der Waals surface area contributed by atoms with Crippen molar-refractivity contribution in [2.24, 2.45) is 11.8 Å². The Morgan fingerprint density at radius 2 is 2.00 bits per heavy atom. The molecule has 3 aliphatic rings. The fourth-order valence-electron chi connectivity index (χ4n) is 4.53. The largest absolute Gasteiger partial charge is 0.319 e. The second kappa shape index (κ2) is 6.16. The number of halogens is 1. The van der Waals surface area contributed by atoms with Crippen LogP contribution in [0.4, 0.5) is 10.1 Å². The van der Waals surface area contributed by atoms with Gasteiger partial charge in [0.05, 0.1) is 0 Å². The molecule has 1 aromatic heterocycles. The smallest absolute Gasteiger partial charge is 0.293 e. The molecule has 0 bridgehead atoms. The molecule has 7 heteroatoms. The van der Waals surface area contributed by atoms with Crippen molar-refractivity contribution in [3.8, 4) is 0 Å². The molecule has 6 nitrogen and oxygen atoms in total. The molecule has 0 spiro atoms. The molecule has 0 radical (unpaired) electrons. The molecule has 26 heavy (non-hydrogen) atoms. The quantitative estimate of drug-likeness (QED) is 0.918. The van der Waals surface area contributed by atoms with Gasteiger partial charge in [0.15, 0.2) is 0 Å². The molecule has 2 aromatic rings. The van der Waals surface area contributed by atoms with Gasteiger partial charge in [0.25, 0.3) is 5.91 Å². The first-order chi connectivity index (χ1) is 12.7. The molecule has 2 atom stereocenters. The summed E-state index contributed by atoms with van der Waals surface area (Å²) in [7, 11) is 0. The van der Waals surface area contributed by atoms with Gasteiger partial charge in [-0.1, -0.05) is 12.5 Å². The Kier molecular flexibility index (Phi) is 3.77. The van der Waals surface area contributed by atoms with Crippen LogP contribution < -0.4 is 5.32 Å². The first-order valence-electron chi connectivity index (χ1n) is 9.40. The minimum absolute atomic E-state index is 0.324. The normalized spacial score (nSPS) is 25.4. The van der Waals surface area contributed by atoms with Crippen molar-refractivity contribution in [2.75, 3.05) is 18.4 Å². The maximum atomic E-state index is 13.3. The van der Waals surface area contributed by atoms with Crippen molar-refractivity contribution in [2.45, 2.75) is 38.3 Å². The number of amides is 1. The fraction of sp³-hybridized carbons (Fsp3) is 0.526. The number of hydrogen-bond acceptors (Lipinski definition) is 4. The van der Waals surface area contributed by atoms with Crippen LogP contribution in [0.1, 0.15) is 35.7 Å². The van der Waals surface area contributed by atoms with Crippen LogP contribution in [0.3, 0.4) is 0 Å². The second-order valence-corrected chi connectivity index (χ2v) is 7.78.